The Bertz CT molecular complexity index is 614. The molecule has 116 valence electrons. The number of carbonyl (C=O) groups is 2. The molecule has 0 aromatic heterocycles. The first-order chi connectivity index (χ1) is 10.5. The zero-order chi connectivity index (χ0) is 16.1. The summed E-state index contributed by atoms with van der Waals surface area (Å²) in [4.78, 5) is 39.5. The van der Waals surface area contributed by atoms with E-state index in [2.05, 4.69) is 5.16 Å². The number of nitrogens with zero attached hydrogens (tertiary/aromatic N) is 3. The SMILES string of the molecule is CC(=O)N1CCC(=NOC(=O)c2ccc([N+](=O)[O-])cc2)CC1. The molecular formula is C14H15N3O5. The van der Waals surface area contributed by atoms with Gasteiger partial charge in [-0.2, -0.15) is 0 Å². The van der Waals surface area contributed by atoms with Gasteiger partial charge in [0.15, 0.2) is 0 Å². The lowest BCUT2D eigenvalue weighted by Gasteiger charge is -2.25. The molecule has 0 atom stereocenters. The molecule has 1 amide bonds. The van der Waals surface area contributed by atoms with Crippen molar-refractivity contribution in [2.75, 3.05) is 13.1 Å². The van der Waals surface area contributed by atoms with Crippen LogP contribution >= 0.6 is 0 Å². The lowest BCUT2D eigenvalue weighted by molar-refractivity contribution is -0.384. The minimum atomic E-state index is -0.670. The monoisotopic (exact) mass is 305 g/mol. The summed E-state index contributed by atoms with van der Waals surface area (Å²) in [5.41, 5.74) is 0.809. The Hall–Kier alpha value is -2.77. The molecular weight excluding hydrogens is 290 g/mol. The van der Waals surface area contributed by atoms with E-state index in [0.29, 0.717) is 31.6 Å². The maximum absolute atomic E-state index is 11.8. The molecule has 8 heteroatoms. The van der Waals surface area contributed by atoms with E-state index in [9.17, 15) is 19.7 Å². The minimum absolute atomic E-state index is 0.0157. The molecule has 1 heterocycles. The van der Waals surface area contributed by atoms with Crippen molar-refractivity contribution in [1.29, 1.82) is 0 Å². The van der Waals surface area contributed by atoms with Gasteiger partial charge in [-0.25, -0.2) is 4.79 Å². The number of nitro groups is 1. The molecule has 0 saturated carbocycles. The highest BCUT2D eigenvalue weighted by Gasteiger charge is 2.18. The van der Waals surface area contributed by atoms with Gasteiger partial charge in [0.2, 0.25) is 5.91 Å². The van der Waals surface area contributed by atoms with E-state index in [4.69, 9.17) is 4.84 Å². The summed E-state index contributed by atoms with van der Waals surface area (Å²) < 4.78 is 0. The van der Waals surface area contributed by atoms with Gasteiger partial charge in [0.05, 0.1) is 16.2 Å². The Kier molecular flexibility index (Phi) is 4.82. The van der Waals surface area contributed by atoms with Gasteiger partial charge in [-0.3, -0.25) is 14.9 Å². The number of benzene rings is 1. The number of rotatable bonds is 3. The standard InChI is InChI=1S/C14H15N3O5/c1-10(18)16-8-6-12(7-9-16)15-22-14(19)11-2-4-13(5-3-11)17(20)21/h2-5H,6-9H2,1H3. The van der Waals surface area contributed by atoms with Crippen molar-refractivity contribution in [3.8, 4) is 0 Å². The van der Waals surface area contributed by atoms with Gasteiger partial charge in [-0.15, -0.1) is 0 Å². The fourth-order valence-electron chi connectivity index (χ4n) is 2.05. The van der Waals surface area contributed by atoms with E-state index >= 15 is 0 Å². The van der Waals surface area contributed by atoms with E-state index < -0.39 is 10.9 Å². The van der Waals surface area contributed by atoms with Crippen LogP contribution in [0.2, 0.25) is 0 Å². The number of hydrogen-bond donors (Lipinski definition) is 0. The van der Waals surface area contributed by atoms with Gasteiger partial charge in [-0.1, -0.05) is 5.16 Å². The maximum atomic E-state index is 11.8. The van der Waals surface area contributed by atoms with E-state index in [-0.39, 0.29) is 17.2 Å². The van der Waals surface area contributed by atoms with Crippen molar-refractivity contribution in [2.45, 2.75) is 19.8 Å². The molecule has 8 nitrogen and oxygen atoms in total. The van der Waals surface area contributed by atoms with Gasteiger partial charge < -0.3 is 9.74 Å². The molecule has 1 aromatic rings. The molecule has 1 fully saturated rings. The largest absolute Gasteiger partial charge is 0.365 e. The number of non-ortho nitro benzene ring substituents is 1. The van der Waals surface area contributed by atoms with E-state index in [0.717, 1.165) is 0 Å². The van der Waals surface area contributed by atoms with Crippen LogP contribution in [0.1, 0.15) is 30.1 Å². The number of piperidine rings is 1. The van der Waals surface area contributed by atoms with Crippen LogP contribution in [0.3, 0.4) is 0 Å². The second-order valence-electron chi connectivity index (χ2n) is 4.85. The Morgan fingerprint density at radius 3 is 2.32 bits per heavy atom. The fraction of sp³-hybridized carbons (Fsp3) is 0.357. The van der Waals surface area contributed by atoms with Crippen molar-refractivity contribution in [3.05, 3.63) is 39.9 Å². The first-order valence-corrected chi connectivity index (χ1v) is 6.74. The first kappa shape index (κ1) is 15.6. The molecule has 0 spiro atoms. The molecule has 22 heavy (non-hydrogen) atoms. The zero-order valence-corrected chi connectivity index (χ0v) is 12.0. The van der Waals surface area contributed by atoms with Crippen LogP contribution in [0, 0.1) is 10.1 Å². The number of oxime groups is 1. The maximum Gasteiger partial charge on any atom is 0.365 e. The third-order valence-electron chi connectivity index (χ3n) is 3.36. The Balaban J connectivity index is 1.91. The predicted octanol–water partition coefficient (Wildman–Crippen LogP) is 1.75. The van der Waals surface area contributed by atoms with E-state index in [1.807, 2.05) is 0 Å². The summed E-state index contributed by atoms with van der Waals surface area (Å²) in [6.07, 6.45) is 1.13. The molecule has 0 bridgehead atoms. The van der Waals surface area contributed by atoms with Gasteiger partial charge in [0.1, 0.15) is 0 Å². The predicted molar refractivity (Wildman–Crippen MR) is 77.4 cm³/mol. The van der Waals surface area contributed by atoms with Crippen LogP contribution in [0.25, 0.3) is 0 Å². The Morgan fingerprint density at radius 2 is 1.82 bits per heavy atom. The molecule has 1 saturated heterocycles. The second kappa shape index (κ2) is 6.79. The Morgan fingerprint density at radius 1 is 1.23 bits per heavy atom. The molecule has 0 aliphatic carbocycles. The van der Waals surface area contributed by atoms with Gasteiger partial charge >= 0.3 is 5.97 Å². The number of nitro benzene ring substituents is 1. The van der Waals surface area contributed by atoms with E-state index in [1.54, 1.807) is 4.90 Å². The minimum Gasteiger partial charge on any atom is -0.342 e. The fourth-order valence-corrected chi connectivity index (χ4v) is 2.05. The number of hydrogen-bond acceptors (Lipinski definition) is 6. The van der Waals surface area contributed by atoms with Crippen LogP contribution in [-0.2, 0) is 9.63 Å². The average Bonchev–Trinajstić information content (AvgIpc) is 2.53. The molecule has 0 N–H and O–H groups in total. The average molecular weight is 305 g/mol. The smallest absolute Gasteiger partial charge is 0.342 e. The lowest BCUT2D eigenvalue weighted by atomic mass is 10.1. The molecule has 1 aliphatic rings. The molecule has 0 radical (unpaired) electrons. The topological polar surface area (TPSA) is 102 Å². The molecule has 1 aromatic carbocycles. The number of carbonyl (C=O) groups excluding carboxylic acids is 2. The highest BCUT2D eigenvalue weighted by molar-refractivity contribution is 5.91. The van der Waals surface area contributed by atoms with Crippen molar-refractivity contribution in [1.82, 2.24) is 4.90 Å². The third kappa shape index (κ3) is 3.87. The quantitative estimate of drug-likeness (QED) is 0.481. The van der Waals surface area contributed by atoms with Crippen LogP contribution < -0.4 is 0 Å². The Labute approximate surface area is 126 Å². The summed E-state index contributed by atoms with van der Waals surface area (Å²) in [5.74, 6) is -0.654. The number of amides is 1. The van der Waals surface area contributed by atoms with Crippen molar-refractivity contribution < 1.29 is 19.3 Å². The van der Waals surface area contributed by atoms with E-state index in [1.165, 1.54) is 31.2 Å². The molecule has 1 aliphatic heterocycles. The number of likely N-dealkylation sites (tertiary alicyclic amines) is 1. The summed E-state index contributed by atoms with van der Waals surface area (Å²) in [6.45, 7) is 2.63. The van der Waals surface area contributed by atoms with Crippen molar-refractivity contribution in [3.63, 3.8) is 0 Å². The molecule has 2 rings (SSSR count). The van der Waals surface area contributed by atoms with Crippen LogP contribution in [-0.4, -0.2) is 40.5 Å². The molecule has 0 unspecified atom stereocenters. The second-order valence-corrected chi connectivity index (χ2v) is 4.85. The van der Waals surface area contributed by atoms with Crippen LogP contribution in [0.5, 0.6) is 0 Å². The van der Waals surface area contributed by atoms with Crippen molar-refractivity contribution in [2.24, 2.45) is 5.16 Å². The zero-order valence-electron chi connectivity index (χ0n) is 12.0. The summed E-state index contributed by atoms with van der Waals surface area (Å²) in [5, 5.41) is 14.3. The summed E-state index contributed by atoms with van der Waals surface area (Å²) in [7, 11) is 0. The van der Waals surface area contributed by atoms with Crippen LogP contribution in [0.4, 0.5) is 5.69 Å². The lowest BCUT2D eigenvalue weighted by Crippen LogP contribution is -2.37. The van der Waals surface area contributed by atoms with Gasteiger partial charge in [-0.05, 0) is 12.1 Å². The normalized spacial score (nSPS) is 14.4. The van der Waals surface area contributed by atoms with Crippen LogP contribution in [0.15, 0.2) is 29.4 Å². The summed E-state index contributed by atoms with van der Waals surface area (Å²) in [6, 6.07) is 5.10. The first-order valence-electron chi connectivity index (χ1n) is 6.74. The highest BCUT2D eigenvalue weighted by Crippen LogP contribution is 2.13. The third-order valence-corrected chi connectivity index (χ3v) is 3.36. The van der Waals surface area contributed by atoms with Gasteiger partial charge in [0.25, 0.3) is 5.69 Å². The summed E-state index contributed by atoms with van der Waals surface area (Å²) >= 11 is 0. The highest BCUT2D eigenvalue weighted by atomic mass is 16.7. The van der Waals surface area contributed by atoms with Gasteiger partial charge in [0, 0.05) is 45.0 Å². The van der Waals surface area contributed by atoms with Crippen molar-refractivity contribution >= 4 is 23.3 Å².